The predicted octanol–water partition coefficient (Wildman–Crippen LogP) is 5.00. The van der Waals surface area contributed by atoms with Gasteiger partial charge in [-0.1, -0.05) is 29.8 Å². The Bertz CT molecular complexity index is 1190. The maximum Gasteiger partial charge on any atom is 0.434 e. The third kappa shape index (κ3) is 4.47. The number of alkyl halides is 3. The van der Waals surface area contributed by atoms with Crippen LogP contribution in [0.3, 0.4) is 0 Å². The van der Waals surface area contributed by atoms with Crippen LogP contribution in [0.4, 0.5) is 18.9 Å². The molecule has 6 nitrogen and oxygen atoms in total. The van der Waals surface area contributed by atoms with E-state index in [0.29, 0.717) is 10.2 Å². The van der Waals surface area contributed by atoms with Gasteiger partial charge in [0.25, 0.3) is 11.8 Å². The third-order valence-corrected chi connectivity index (χ3v) is 5.20. The van der Waals surface area contributed by atoms with Gasteiger partial charge >= 0.3 is 6.18 Å². The summed E-state index contributed by atoms with van der Waals surface area (Å²) in [7, 11) is 0. The number of anilines is 1. The summed E-state index contributed by atoms with van der Waals surface area (Å²) < 4.78 is 42.4. The number of benzene rings is 2. The van der Waals surface area contributed by atoms with E-state index in [9.17, 15) is 22.8 Å². The number of carbonyl (C=O) groups is 2. The molecule has 1 saturated carbocycles. The Balaban J connectivity index is 1.72. The van der Waals surface area contributed by atoms with Gasteiger partial charge in [0.2, 0.25) is 0 Å². The smallest absolute Gasteiger partial charge is 0.349 e. The largest absolute Gasteiger partial charge is 0.434 e. The molecule has 166 valence electrons. The van der Waals surface area contributed by atoms with Crippen molar-refractivity contribution < 1.29 is 22.8 Å². The van der Waals surface area contributed by atoms with Crippen molar-refractivity contribution in [3.8, 4) is 5.69 Å². The molecular formula is C22H18ClF3N4O2. The van der Waals surface area contributed by atoms with Crippen LogP contribution in [-0.2, 0) is 6.18 Å². The van der Waals surface area contributed by atoms with Crippen molar-refractivity contribution in [3.63, 3.8) is 0 Å². The second-order valence-corrected chi connectivity index (χ2v) is 7.94. The van der Waals surface area contributed by atoms with E-state index in [4.69, 9.17) is 11.6 Å². The van der Waals surface area contributed by atoms with Crippen LogP contribution >= 0.6 is 11.6 Å². The molecular weight excluding hydrogens is 445 g/mol. The van der Waals surface area contributed by atoms with Crippen molar-refractivity contribution in [2.75, 3.05) is 5.32 Å². The van der Waals surface area contributed by atoms with Gasteiger partial charge in [-0.05, 0) is 49.6 Å². The fourth-order valence-electron chi connectivity index (χ4n) is 3.31. The molecule has 1 aliphatic rings. The van der Waals surface area contributed by atoms with Crippen LogP contribution in [0.5, 0.6) is 0 Å². The first-order valence-corrected chi connectivity index (χ1v) is 10.2. The summed E-state index contributed by atoms with van der Waals surface area (Å²) >= 11 is 6.07. The van der Waals surface area contributed by atoms with E-state index in [1.54, 1.807) is 25.1 Å². The zero-order chi connectivity index (χ0) is 23.0. The summed E-state index contributed by atoms with van der Waals surface area (Å²) in [5, 5.41) is 9.32. The molecule has 2 N–H and O–H groups in total. The lowest BCUT2D eigenvalue weighted by molar-refractivity contribution is -0.143. The molecule has 0 bridgehead atoms. The van der Waals surface area contributed by atoms with E-state index in [-0.39, 0.29) is 28.0 Å². The van der Waals surface area contributed by atoms with Gasteiger partial charge < -0.3 is 10.6 Å². The zero-order valence-corrected chi connectivity index (χ0v) is 17.6. The molecule has 3 aromatic rings. The highest BCUT2D eigenvalue weighted by Gasteiger charge is 2.41. The number of nitrogens with zero attached hydrogens (tertiary/aromatic N) is 2. The minimum atomic E-state index is -4.85. The number of aryl methyl sites for hydroxylation is 1. The van der Waals surface area contributed by atoms with Gasteiger partial charge in [0.15, 0.2) is 5.69 Å². The van der Waals surface area contributed by atoms with Crippen LogP contribution in [0.1, 0.15) is 44.8 Å². The molecule has 0 radical (unpaired) electrons. The first kappa shape index (κ1) is 21.9. The maximum atomic E-state index is 13.9. The van der Waals surface area contributed by atoms with Crippen molar-refractivity contribution >= 4 is 29.1 Å². The van der Waals surface area contributed by atoms with Crippen LogP contribution < -0.4 is 10.6 Å². The number of nitrogens with one attached hydrogen (secondary N) is 2. The lowest BCUT2D eigenvalue weighted by atomic mass is 10.1. The minimum absolute atomic E-state index is 0.0475. The van der Waals surface area contributed by atoms with E-state index >= 15 is 0 Å². The van der Waals surface area contributed by atoms with Crippen molar-refractivity contribution in [2.24, 2.45) is 0 Å². The first-order valence-electron chi connectivity index (χ1n) is 9.78. The number of hydrogen-bond acceptors (Lipinski definition) is 3. The Morgan fingerprint density at radius 1 is 1.09 bits per heavy atom. The summed E-state index contributed by atoms with van der Waals surface area (Å²) in [6.45, 7) is 1.60. The van der Waals surface area contributed by atoms with Gasteiger partial charge in [-0.2, -0.15) is 18.3 Å². The van der Waals surface area contributed by atoms with Gasteiger partial charge in [0.1, 0.15) is 0 Å². The Morgan fingerprint density at radius 3 is 2.41 bits per heavy atom. The van der Waals surface area contributed by atoms with Gasteiger partial charge in [-0.25, -0.2) is 4.68 Å². The van der Waals surface area contributed by atoms with Gasteiger partial charge in [0, 0.05) is 11.1 Å². The Labute approximate surface area is 186 Å². The number of amides is 2. The fourth-order valence-corrected chi connectivity index (χ4v) is 3.58. The molecule has 0 unspecified atom stereocenters. The third-order valence-electron chi connectivity index (χ3n) is 4.98. The summed E-state index contributed by atoms with van der Waals surface area (Å²) in [6, 6.07) is 10.6. The fraction of sp³-hybridized carbons (Fsp3) is 0.227. The van der Waals surface area contributed by atoms with Crippen LogP contribution in [-0.4, -0.2) is 27.6 Å². The number of hydrogen-bond donors (Lipinski definition) is 2. The molecule has 4 rings (SSSR count). The van der Waals surface area contributed by atoms with Crippen LogP contribution in [0.25, 0.3) is 5.69 Å². The quantitative estimate of drug-likeness (QED) is 0.560. The van der Waals surface area contributed by atoms with Crippen molar-refractivity contribution in [1.82, 2.24) is 15.1 Å². The Kier molecular flexibility index (Phi) is 5.68. The van der Waals surface area contributed by atoms with Crippen LogP contribution in [0.15, 0.2) is 48.7 Å². The predicted molar refractivity (Wildman–Crippen MR) is 113 cm³/mol. The average Bonchev–Trinajstić information content (AvgIpc) is 3.42. The second kappa shape index (κ2) is 8.31. The summed E-state index contributed by atoms with van der Waals surface area (Å²) in [5.41, 5.74) is -1.10. The van der Waals surface area contributed by atoms with Gasteiger partial charge in [0.05, 0.1) is 28.7 Å². The molecule has 0 saturated heterocycles. The number of aromatic nitrogens is 2. The molecule has 0 aliphatic heterocycles. The molecule has 1 heterocycles. The second-order valence-electron chi connectivity index (χ2n) is 7.50. The van der Waals surface area contributed by atoms with Gasteiger partial charge in [-0.15, -0.1) is 0 Å². The average molecular weight is 463 g/mol. The molecule has 2 aromatic carbocycles. The number of carbonyl (C=O) groups excluding carboxylic acids is 2. The first-order chi connectivity index (χ1) is 15.1. The lowest BCUT2D eigenvalue weighted by Crippen LogP contribution is -2.28. The maximum absolute atomic E-state index is 13.9. The SMILES string of the molecule is Cc1cc(Cl)cc(C(=O)NC2CC2)c1NC(=O)c1cnn(-c2ccccc2)c1C(F)(F)F. The van der Waals surface area contributed by atoms with E-state index in [1.165, 1.54) is 24.3 Å². The van der Waals surface area contributed by atoms with Gasteiger partial charge in [-0.3, -0.25) is 9.59 Å². The molecule has 10 heteroatoms. The topological polar surface area (TPSA) is 76.0 Å². The lowest BCUT2D eigenvalue weighted by Gasteiger charge is -2.16. The number of rotatable bonds is 5. The zero-order valence-electron chi connectivity index (χ0n) is 16.8. The summed E-state index contributed by atoms with van der Waals surface area (Å²) in [4.78, 5) is 25.6. The normalized spacial score (nSPS) is 13.7. The van der Waals surface area contributed by atoms with E-state index in [1.807, 2.05) is 0 Å². The monoisotopic (exact) mass is 462 g/mol. The molecule has 1 aliphatic carbocycles. The number of para-hydroxylation sites is 1. The highest BCUT2D eigenvalue weighted by Crippen LogP contribution is 2.35. The molecule has 1 fully saturated rings. The van der Waals surface area contributed by atoms with E-state index in [2.05, 4.69) is 15.7 Å². The summed E-state index contributed by atoms with van der Waals surface area (Å²) in [5.74, 6) is -1.49. The minimum Gasteiger partial charge on any atom is -0.349 e. The standard InChI is InChI=1S/C22H18ClF3N4O2/c1-12-9-13(23)10-16(20(31)28-14-7-8-14)18(12)29-21(32)17-11-27-30(19(17)22(24,25)26)15-5-3-2-4-6-15/h2-6,9-11,14H,7-8H2,1H3,(H,28,31)(H,29,32). The molecule has 32 heavy (non-hydrogen) atoms. The molecule has 0 atom stereocenters. The molecule has 1 aromatic heterocycles. The Morgan fingerprint density at radius 2 is 1.78 bits per heavy atom. The summed E-state index contributed by atoms with van der Waals surface area (Å²) in [6.07, 6.45) is -2.29. The highest BCUT2D eigenvalue weighted by atomic mass is 35.5. The van der Waals surface area contributed by atoms with Crippen LogP contribution in [0, 0.1) is 6.92 Å². The van der Waals surface area contributed by atoms with Crippen molar-refractivity contribution in [1.29, 1.82) is 0 Å². The van der Waals surface area contributed by atoms with Crippen molar-refractivity contribution in [2.45, 2.75) is 32.0 Å². The van der Waals surface area contributed by atoms with E-state index < -0.39 is 29.2 Å². The molecule has 0 spiro atoms. The highest BCUT2D eigenvalue weighted by molar-refractivity contribution is 6.31. The number of halogens is 4. The van der Waals surface area contributed by atoms with Crippen molar-refractivity contribution in [3.05, 3.63) is 76.1 Å². The Hall–Kier alpha value is -3.33. The van der Waals surface area contributed by atoms with Crippen LogP contribution in [0.2, 0.25) is 5.02 Å². The van der Waals surface area contributed by atoms with E-state index in [0.717, 1.165) is 19.0 Å². The molecule has 2 amide bonds.